The molecule has 0 fully saturated rings. The fraction of sp³-hybridized carbons (Fsp3) is 0.235. The molecule has 1 amide bonds. The fourth-order valence-electron chi connectivity index (χ4n) is 1.70. The van der Waals surface area contributed by atoms with E-state index in [1.54, 1.807) is 41.3 Å². The Labute approximate surface area is 218 Å². The topological polar surface area (TPSA) is 79.8 Å². The second-order valence-corrected chi connectivity index (χ2v) is 7.64. The standard InChI is InChI=1S/C11H13ClINO2.C6H4ClIO.Na.H2O/c1-3-14(4-2)11(15)16-9-7-5-6-8(12)10(9)13;7-4-2-1-3-5(9)6(4)8;;/h5-7H,3-4H2,1-2H3;1-3,9H;;1H2/q;;+1;/p-1. The Balaban J connectivity index is 0. The maximum Gasteiger partial charge on any atom is 1.00 e. The van der Waals surface area contributed by atoms with Crippen LogP contribution >= 0.6 is 68.4 Å². The van der Waals surface area contributed by atoms with Gasteiger partial charge < -0.3 is 20.2 Å². The van der Waals surface area contributed by atoms with Crippen molar-refractivity contribution >= 4 is 74.5 Å². The molecule has 0 aliphatic carbocycles. The smallest absolute Gasteiger partial charge is 0.870 e. The van der Waals surface area contributed by atoms with Crippen LogP contribution in [0.3, 0.4) is 0 Å². The van der Waals surface area contributed by atoms with Crippen molar-refractivity contribution in [2.45, 2.75) is 13.8 Å². The maximum absolute atomic E-state index is 11.7. The van der Waals surface area contributed by atoms with Crippen LogP contribution in [-0.2, 0) is 0 Å². The van der Waals surface area contributed by atoms with Crippen LogP contribution < -0.4 is 34.3 Å². The minimum Gasteiger partial charge on any atom is -0.870 e. The minimum absolute atomic E-state index is 0. The molecule has 0 radical (unpaired) electrons. The summed E-state index contributed by atoms with van der Waals surface area (Å²) in [6.45, 7) is 5.08. The quantitative estimate of drug-likeness (QED) is 0.410. The zero-order valence-electron chi connectivity index (χ0n) is 15.0. The van der Waals surface area contributed by atoms with Gasteiger partial charge in [-0.3, -0.25) is 0 Å². The van der Waals surface area contributed by atoms with Gasteiger partial charge in [-0.2, -0.15) is 0 Å². The van der Waals surface area contributed by atoms with Crippen LogP contribution in [0.5, 0.6) is 11.5 Å². The van der Waals surface area contributed by atoms with E-state index in [1.165, 1.54) is 0 Å². The van der Waals surface area contributed by atoms with E-state index in [0.717, 1.165) is 3.57 Å². The first-order valence-corrected chi connectivity index (χ1v) is 10.3. The largest absolute Gasteiger partial charge is 1.00 e. The van der Waals surface area contributed by atoms with Gasteiger partial charge in [0.2, 0.25) is 0 Å². The molecule has 0 aromatic heterocycles. The number of carbonyl (C=O) groups is 1. The molecule has 0 heterocycles. The Morgan fingerprint density at radius 3 is 1.96 bits per heavy atom. The number of aromatic hydroxyl groups is 1. The molecule has 2 aromatic carbocycles. The molecule has 144 valence electrons. The Morgan fingerprint density at radius 1 is 1.04 bits per heavy atom. The maximum atomic E-state index is 11.7. The van der Waals surface area contributed by atoms with Gasteiger partial charge >= 0.3 is 35.7 Å². The van der Waals surface area contributed by atoms with Crippen molar-refractivity contribution in [3.8, 4) is 11.5 Å². The zero-order chi connectivity index (χ0) is 19.0. The Morgan fingerprint density at radius 2 is 1.52 bits per heavy atom. The van der Waals surface area contributed by atoms with Crippen LogP contribution in [0.4, 0.5) is 4.79 Å². The average Bonchev–Trinajstić information content (AvgIpc) is 2.58. The molecule has 5 nitrogen and oxygen atoms in total. The third-order valence-electron chi connectivity index (χ3n) is 3.07. The second-order valence-electron chi connectivity index (χ2n) is 4.67. The summed E-state index contributed by atoms with van der Waals surface area (Å²) in [6, 6.07) is 10.3. The van der Waals surface area contributed by atoms with E-state index < -0.39 is 0 Å². The van der Waals surface area contributed by atoms with Crippen molar-refractivity contribution in [3.05, 3.63) is 53.6 Å². The summed E-state index contributed by atoms with van der Waals surface area (Å²) in [5.41, 5.74) is 0. The second kappa shape index (κ2) is 15.4. The predicted octanol–water partition coefficient (Wildman–Crippen LogP) is 3.26. The molecule has 0 saturated carbocycles. The van der Waals surface area contributed by atoms with Crippen LogP contribution in [0.15, 0.2) is 36.4 Å². The van der Waals surface area contributed by atoms with Gasteiger partial charge in [0.1, 0.15) is 11.5 Å². The van der Waals surface area contributed by atoms with Crippen LogP contribution in [0.1, 0.15) is 13.8 Å². The number of ether oxygens (including phenoxy) is 1. The fourth-order valence-corrected chi connectivity index (χ4v) is 2.86. The van der Waals surface area contributed by atoms with Gasteiger partial charge in [0, 0.05) is 13.1 Å². The summed E-state index contributed by atoms with van der Waals surface area (Å²) in [6.07, 6.45) is -0.342. The Bertz CT molecular complexity index is 714. The molecule has 0 aliphatic heterocycles. The molecule has 10 heteroatoms. The van der Waals surface area contributed by atoms with Crippen molar-refractivity contribution in [2.75, 3.05) is 13.1 Å². The minimum atomic E-state index is -0.342. The van der Waals surface area contributed by atoms with E-state index in [-0.39, 0.29) is 46.9 Å². The van der Waals surface area contributed by atoms with E-state index in [1.807, 2.05) is 36.4 Å². The van der Waals surface area contributed by atoms with Crippen molar-refractivity contribution in [1.82, 2.24) is 4.90 Å². The summed E-state index contributed by atoms with van der Waals surface area (Å²) in [5, 5.41) is 10.2. The van der Waals surface area contributed by atoms with E-state index >= 15 is 0 Å². The Kier molecular flexibility index (Phi) is 16.9. The van der Waals surface area contributed by atoms with Gasteiger partial charge in [-0.05, 0) is 83.3 Å². The Hall–Kier alpha value is 0.510. The summed E-state index contributed by atoms with van der Waals surface area (Å²) >= 11 is 15.6. The summed E-state index contributed by atoms with van der Waals surface area (Å²) in [4.78, 5) is 13.3. The zero-order valence-corrected chi connectivity index (χ0v) is 22.9. The number of rotatable bonds is 3. The molecule has 0 spiro atoms. The van der Waals surface area contributed by atoms with Crippen molar-refractivity contribution in [2.24, 2.45) is 0 Å². The number of carbonyl (C=O) groups excluding carboxylic acids is 1. The molecular formula is C17H18Cl2I2NNaO4. The van der Waals surface area contributed by atoms with Crippen molar-refractivity contribution in [3.63, 3.8) is 0 Å². The SMILES string of the molecule is CCN(CC)C(=O)Oc1cccc(Cl)c1I.Oc1cccc(Cl)c1I.[Na+].[OH-]. The average molecular weight is 648 g/mol. The van der Waals surface area contributed by atoms with Gasteiger partial charge in [-0.15, -0.1) is 0 Å². The van der Waals surface area contributed by atoms with E-state index in [9.17, 15) is 4.79 Å². The summed E-state index contributed by atoms with van der Waals surface area (Å²) in [7, 11) is 0. The predicted molar refractivity (Wildman–Crippen MR) is 121 cm³/mol. The van der Waals surface area contributed by atoms with E-state index in [0.29, 0.717) is 32.5 Å². The number of halogens is 4. The third-order valence-corrected chi connectivity index (χ3v) is 6.58. The molecule has 27 heavy (non-hydrogen) atoms. The van der Waals surface area contributed by atoms with Crippen molar-refractivity contribution in [1.29, 1.82) is 0 Å². The van der Waals surface area contributed by atoms with Crippen LogP contribution in [-0.4, -0.2) is 34.7 Å². The molecule has 2 N–H and O–H groups in total. The molecular weight excluding hydrogens is 630 g/mol. The number of amides is 1. The van der Waals surface area contributed by atoms with E-state index in [4.69, 9.17) is 33.0 Å². The van der Waals surface area contributed by atoms with Crippen LogP contribution in [0, 0.1) is 7.14 Å². The number of nitrogens with zero attached hydrogens (tertiary/aromatic N) is 1. The van der Waals surface area contributed by atoms with Gasteiger partial charge in [0.15, 0.2) is 0 Å². The first-order valence-electron chi connectivity index (χ1n) is 7.35. The number of hydrogen-bond acceptors (Lipinski definition) is 4. The van der Waals surface area contributed by atoms with Gasteiger partial charge in [0.25, 0.3) is 0 Å². The number of hydrogen-bond donors (Lipinski definition) is 1. The molecule has 0 unspecified atom stereocenters. The summed E-state index contributed by atoms with van der Waals surface area (Å²) in [5.74, 6) is 0.744. The van der Waals surface area contributed by atoms with Gasteiger partial charge in [0.05, 0.1) is 17.2 Å². The summed E-state index contributed by atoms with van der Waals surface area (Å²) < 4.78 is 6.72. The van der Waals surface area contributed by atoms with Crippen LogP contribution in [0.25, 0.3) is 0 Å². The molecule has 0 aliphatic rings. The molecule has 0 atom stereocenters. The van der Waals surface area contributed by atoms with Gasteiger partial charge in [-0.1, -0.05) is 35.3 Å². The molecule has 0 bridgehead atoms. The van der Waals surface area contributed by atoms with Crippen molar-refractivity contribution < 1.29 is 49.7 Å². The number of benzene rings is 2. The molecule has 0 saturated heterocycles. The normalized spacial score (nSPS) is 9.11. The molecule has 2 rings (SSSR count). The first-order chi connectivity index (χ1) is 11.8. The molecule has 2 aromatic rings. The first kappa shape index (κ1) is 29.7. The van der Waals surface area contributed by atoms with Gasteiger partial charge in [-0.25, -0.2) is 4.79 Å². The monoisotopic (exact) mass is 647 g/mol. The number of phenolic OH excluding ortho intramolecular Hbond substituents is 1. The third kappa shape index (κ3) is 9.70. The number of phenols is 1. The van der Waals surface area contributed by atoms with E-state index in [2.05, 4.69) is 22.6 Å². The van der Waals surface area contributed by atoms with Crippen LogP contribution in [0.2, 0.25) is 10.0 Å².